The molecule has 1 aliphatic carbocycles. The van der Waals surface area contributed by atoms with E-state index in [2.05, 4.69) is 6.07 Å². The van der Waals surface area contributed by atoms with Gasteiger partial charge in [-0.1, -0.05) is 11.6 Å². The Morgan fingerprint density at radius 1 is 1.47 bits per heavy atom. The molecule has 2 rings (SSSR count). The number of hydrogen-bond acceptors (Lipinski definition) is 2. The number of nitriles is 1. The van der Waals surface area contributed by atoms with E-state index < -0.39 is 5.41 Å². The van der Waals surface area contributed by atoms with Gasteiger partial charge in [0.05, 0.1) is 11.5 Å². The van der Waals surface area contributed by atoms with Crippen molar-refractivity contribution in [2.75, 3.05) is 0 Å². The van der Waals surface area contributed by atoms with Crippen LogP contribution in [0.4, 0.5) is 0 Å². The summed E-state index contributed by atoms with van der Waals surface area (Å²) in [5.41, 5.74) is 1.12. The van der Waals surface area contributed by atoms with Crippen molar-refractivity contribution in [1.82, 2.24) is 0 Å². The Kier molecular flexibility index (Phi) is 2.36. The van der Waals surface area contributed by atoms with Crippen molar-refractivity contribution >= 4 is 11.6 Å². The number of rotatable bonds is 1. The predicted octanol–water partition coefficient (Wildman–Crippen LogP) is 3.30. The molecule has 0 bridgehead atoms. The Bertz CT molecular complexity index is 420. The highest BCUT2D eigenvalue weighted by Gasteiger charge is 2.39. The Labute approximate surface area is 94.1 Å². The summed E-state index contributed by atoms with van der Waals surface area (Å²) in [6.07, 6.45) is 2.80. The molecule has 1 fully saturated rings. The minimum absolute atomic E-state index is 0.180. The normalized spacial score (nSPS) is 17.9. The van der Waals surface area contributed by atoms with E-state index in [-0.39, 0.29) is 5.75 Å². The van der Waals surface area contributed by atoms with Crippen LogP contribution in [-0.2, 0) is 5.41 Å². The van der Waals surface area contributed by atoms with Crippen molar-refractivity contribution in [2.45, 2.75) is 31.6 Å². The summed E-state index contributed by atoms with van der Waals surface area (Å²) in [7, 11) is 0. The molecule has 1 aromatic rings. The maximum Gasteiger partial charge on any atom is 0.120 e. The molecule has 3 heteroatoms. The van der Waals surface area contributed by atoms with Gasteiger partial charge in [0.2, 0.25) is 0 Å². The van der Waals surface area contributed by atoms with Crippen LogP contribution in [0.5, 0.6) is 5.75 Å². The highest BCUT2D eigenvalue weighted by molar-refractivity contribution is 6.31. The second-order valence-electron chi connectivity index (χ2n) is 4.15. The number of hydrogen-bond donors (Lipinski definition) is 1. The fourth-order valence-electron chi connectivity index (χ4n) is 1.94. The largest absolute Gasteiger partial charge is 0.508 e. The van der Waals surface area contributed by atoms with Crippen LogP contribution in [0.2, 0.25) is 5.02 Å². The van der Waals surface area contributed by atoms with Crippen LogP contribution in [-0.4, -0.2) is 5.11 Å². The van der Waals surface area contributed by atoms with Crippen molar-refractivity contribution in [3.05, 3.63) is 28.3 Å². The third kappa shape index (κ3) is 1.48. The topological polar surface area (TPSA) is 44.0 Å². The molecule has 78 valence electrons. The van der Waals surface area contributed by atoms with Crippen molar-refractivity contribution in [2.24, 2.45) is 0 Å². The fourth-order valence-corrected chi connectivity index (χ4v) is 2.15. The van der Waals surface area contributed by atoms with Crippen molar-refractivity contribution in [3.8, 4) is 11.8 Å². The molecular weight excluding hydrogens is 210 g/mol. The number of nitrogens with zero attached hydrogens (tertiary/aromatic N) is 1. The van der Waals surface area contributed by atoms with E-state index in [9.17, 15) is 5.11 Å². The third-order valence-corrected chi connectivity index (χ3v) is 3.68. The van der Waals surface area contributed by atoms with Crippen LogP contribution in [0.1, 0.15) is 30.4 Å². The molecule has 0 atom stereocenters. The number of phenolic OH excluding ortho intramolecular Hbond substituents is 1. The van der Waals surface area contributed by atoms with E-state index in [1.807, 2.05) is 0 Å². The molecule has 15 heavy (non-hydrogen) atoms. The first kappa shape index (κ1) is 10.3. The van der Waals surface area contributed by atoms with E-state index in [4.69, 9.17) is 16.9 Å². The van der Waals surface area contributed by atoms with E-state index in [1.54, 1.807) is 19.1 Å². The van der Waals surface area contributed by atoms with Gasteiger partial charge < -0.3 is 5.11 Å². The van der Waals surface area contributed by atoms with Crippen LogP contribution in [0.25, 0.3) is 0 Å². The maximum absolute atomic E-state index is 9.67. The summed E-state index contributed by atoms with van der Waals surface area (Å²) < 4.78 is 0. The van der Waals surface area contributed by atoms with Crippen molar-refractivity contribution in [3.63, 3.8) is 0 Å². The zero-order chi connectivity index (χ0) is 11.1. The average Bonchev–Trinajstić information content (AvgIpc) is 2.13. The lowest BCUT2D eigenvalue weighted by atomic mass is 9.65. The second kappa shape index (κ2) is 3.43. The fraction of sp³-hybridized carbons (Fsp3) is 0.417. The summed E-state index contributed by atoms with van der Waals surface area (Å²) >= 11 is 5.99. The summed E-state index contributed by atoms with van der Waals surface area (Å²) in [6, 6.07) is 5.81. The molecular formula is C12H12ClNO. The smallest absolute Gasteiger partial charge is 0.120 e. The number of halogens is 1. The van der Waals surface area contributed by atoms with Crippen LogP contribution in [0.3, 0.4) is 0 Å². The minimum Gasteiger partial charge on any atom is -0.508 e. The van der Waals surface area contributed by atoms with Crippen molar-refractivity contribution < 1.29 is 5.11 Å². The van der Waals surface area contributed by atoms with Gasteiger partial charge in [-0.3, -0.25) is 0 Å². The summed E-state index contributed by atoms with van der Waals surface area (Å²) in [5.74, 6) is 0.180. The van der Waals surface area contributed by atoms with Crippen molar-refractivity contribution in [1.29, 1.82) is 5.26 Å². The van der Waals surface area contributed by atoms with Crippen LogP contribution >= 0.6 is 11.6 Å². The SMILES string of the molecule is Cc1c(O)cc(C2(C#N)CCC2)cc1Cl. The number of phenols is 1. The highest BCUT2D eigenvalue weighted by Crippen LogP contribution is 2.45. The first-order valence-corrected chi connectivity index (χ1v) is 5.38. The molecule has 0 aromatic heterocycles. The van der Waals surface area contributed by atoms with Gasteiger partial charge in [0.1, 0.15) is 5.75 Å². The molecule has 1 saturated carbocycles. The molecule has 2 nitrogen and oxygen atoms in total. The predicted molar refractivity (Wildman–Crippen MR) is 59.0 cm³/mol. The molecule has 0 heterocycles. The van der Waals surface area contributed by atoms with Crippen LogP contribution in [0, 0.1) is 18.3 Å². The lowest BCUT2D eigenvalue weighted by Crippen LogP contribution is -2.32. The standard InChI is InChI=1S/C12H12ClNO/c1-8-10(13)5-9(6-11(8)15)12(7-14)3-2-4-12/h5-6,15H,2-4H2,1H3. The molecule has 0 aliphatic heterocycles. The molecule has 1 aliphatic rings. The first-order chi connectivity index (χ1) is 7.09. The monoisotopic (exact) mass is 221 g/mol. The van der Waals surface area contributed by atoms with Gasteiger partial charge >= 0.3 is 0 Å². The summed E-state index contributed by atoms with van der Waals surface area (Å²) in [4.78, 5) is 0. The Balaban J connectivity index is 2.51. The van der Waals surface area contributed by atoms with E-state index >= 15 is 0 Å². The Hall–Kier alpha value is -1.20. The zero-order valence-corrected chi connectivity index (χ0v) is 9.30. The quantitative estimate of drug-likeness (QED) is 0.791. The first-order valence-electron chi connectivity index (χ1n) is 5.00. The van der Waals surface area contributed by atoms with Gasteiger partial charge in [0.15, 0.2) is 0 Å². The maximum atomic E-state index is 9.67. The average molecular weight is 222 g/mol. The van der Waals surface area contributed by atoms with Gasteiger partial charge in [-0.2, -0.15) is 5.26 Å². The summed E-state index contributed by atoms with van der Waals surface area (Å²) in [5, 5.41) is 19.4. The van der Waals surface area contributed by atoms with Gasteiger partial charge in [-0.15, -0.1) is 0 Å². The van der Waals surface area contributed by atoms with Gasteiger partial charge in [0, 0.05) is 10.6 Å². The van der Waals surface area contributed by atoms with Gasteiger partial charge in [0.25, 0.3) is 0 Å². The molecule has 0 unspecified atom stereocenters. The number of aromatic hydroxyl groups is 1. The van der Waals surface area contributed by atoms with Gasteiger partial charge in [-0.25, -0.2) is 0 Å². The van der Waals surface area contributed by atoms with Crippen LogP contribution in [0.15, 0.2) is 12.1 Å². The second-order valence-corrected chi connectivity index (χ2v) is 4.56. The molecule has 0 saturated heterocycles. The molecule has 0 amide bonds. The van der Waals surface area contributed by atoms with Gasteiger partial charge in [-0.05, 0) is 43.9 Å². The molecule has 1 N–H and O–H groups in total. The molecule has 1 aromatic carbocycles. The van der Waals surface area contributed by atoms with Crippen LogP contribution < -0.4 is 0 Å². The molecule has 0 spiro atoms. The highest BCUT2D eigenvalue weighted by atomic mass is 35.5. The summed E-state index contributed by atoms with van der Waals surface area (Å²) in [6.45, 7) is 1.77. The van der Waals surface area contributed by atoms with E-state index in [0.29, 0.717) is 10.6 Å². The zero-order valence-electron chi connectivity index (χ0n) is 8.55. The molecule has 0 radical (unpaired) electrons. The lowest BCUT2D eigenvalue weighted by Gasteiger charge is -2.35. The Morgan fingerprint density at radius 2 is 2.13 bits per heavy atom. The lowest BCUT2D eigenvalue weighted by molar-refractivity contribution is 0.322. The number of benzene rings is 1. The van der Waals surface area contributed by atoms with E-state index in [0.717, 1.165) is 24.8 Å². The third-order valence-electron chi connectivity index (χ3n) is 3.29. The van der Waals surface area contributed by atoms with E-state index in [1.165, 1.54) is 0 Å². The minimum atomic E-state index is -0.408. The Morgan fingerprint density at radius 3 is 2.53 bits per heavy atom.